The van der Waals surface area contributed by atoms with Crippen LogP contribution in [0.5, 0.6) is 11.5 Å². The SMILES string of the molecule is COc1ccc(SC(=NN(C)C)c2cc(C(F)(F)F)cc(C(F)(F)F)c2)cc1OC. The molecule has 0 N–H and O–H groups in total. The molecule has 0 saturated carbocycles. The Kier molecular flexibility index (Phi) is 7.17. The van der Waals surface area contributed by atoms with Crippen LogP contribution in [0.1, 0.15) is 16.7 Å². The second-order valence-corrected chi connectivity index (χ2v) is 7.23. The normalized spacial score (nSPS) is 12.7. The van der Waals surface area contributed by atoms with Crippen molar-refractivity contribution in [2.75, 3.05) is 28.3 Å². The molecule has 0 aromatic heterocycles. The Morgan fingerprint density at radius 2 is 1.37 bits per heavy atom. The van der Waals surface area contributed by atoms with Crippen LogP contribution >= 0.6 is 11.8 Å². The molecule has 0 bridgehead atoms. The van der Waals surface area contributed by atoms with Crippen LogP contribution in [0.4, 0.5) is 26.3 Å². The van der Waals surface area contributed by atoms with E-state index in [9.17, 15) is 26.3 Å². The molecule has 2 aromatic carbocycles. The zero-order valence-electron chi connectivity index (χ0n) is 16.4. The summed E-state index contributed by atoms with van der Waals surface area (Å²) in [5.74, 6) is 0.776. The molecule has 2 aromatic rings. The van der Waals surface area contributed by atoms with E-state index in [1.165, 1.54) is 33.3 Å². The van der Waals surface area contributed by atoms with Crippen LogP contribution in [0, 0.1) is 0 Å². The monoisotopic (exact) mass is 452 g/mol. The van der Waals surface area contributed by atoms with Crippen molar-refractivity contribution in [2.45, 2.75) is 17.2 Å². The Hall–Kier alpha value is -2.56. The predicted octanol–water partition coefficient (Wildman–Crippen LogP) is 5.76. The maximum absolute atomic E-state index is 13.2. The van der Waals surface area contributed by atoms with Crippen LogP contribution in [0.25, 0.3) is 0 Å². The third kappa shape index (κ3) is 5.97. The number of hydrogen-bond acceptors (Lipinski definition) is 5. The smallest absolute Gasteiger partial charge is 0.416 e. The van der Waals surface area contributed by atoms with E-state index >= 15 is 0 Å². The molecule has 11 heteroatoms. The second kappa shape index (κ2) is 9.07. The molecule has 0 radical (unpaired) electrons. The molecule has 0 aliphatic heterocycles. The summed E-state index contributed by atoms with van der Waals surface area (Å²) in [4.78, 5) is 0.485. The summed E-state index contributed by atoms with van der Waals surface area (Å²) >= 11 is 0.896. The molecule has 0 saturated heterocycles. The highest BCUT2D eigenvalue weighted by Crippen LogP contribution is 2.39. The topological polar surface area (TPSA) is 34.1 Å². The van der Waals surface area contributed by atoms with Crippen molar-refractivity contribution >= 4 is 16.8 Å². The molecule has 0 unspecified atom stereocenters. The standard InChI is InChI=1S/C19H18F6N2O2S/c1-27(2)26-17(30-14-5-6-15(28-3)16(10-14)29-4)11-7-12(18(20,21)22)9-13(8-11)19(23,24)25/h5-10H,1-4H3. The Morgan fingerprint density at radius 1 is 0.833 bits per heavy atom. The lowest BCUT2D eigenvalue weighted by atomic mass is 10.1. The van der Waals surface area contributed by atoms with Crippen LogP contribution in [-0.2, 0) is 12.4 Å². The Labute approximate surface area is 173 Å². The number of hydrazone groups is 1. The average Bonchev–Trinajstić information content (AvgIpc) is 2.65. The van der Waals surface area contributed by atoms with Gasteiger partial charge in [-0.15, -0.1) is 0 Å². The number of alkyl halides is 6. The van der Waals surface area contributed by atoms with Gasteiger partial charge in [0.05, 0.1) is 25.3 Å². The van der Waals surface area contributed by atoms with Crippen molar-refractivity contribution in [1.82, 2.24) is 5.01 Å². The zero-order valence-corrected chi connectivity index (χ0v) is 17.2. The fourth-order valence-corrected chi connectivity index (χ4v) is 3.35. The van der Waals surface area contributed by atoms with Crippen LogP contribution in [-0.4, -0.2) is 38.4 Å². The number of halogens is 6. The number of thioether (sulfide) groups is 1. The summed E-state index contributed by atoms with van der Waals surface area (Å²) in [7, 11) is 5.86. The van der Waals surface area contributed by atoms with Crippen molar-refractivity contribution in [1.29, 1.82) is 0 Å². The van der Waals surface area contributed by atoms with Gasteiger partial charge in [-0.05, 0) is 36.4 Å². The van der Waals surface area contributed by atoms with Gasteiger partial charge in [-0.1, -0.05) is 11.8 Å². The molecule has 0 aliphatic rings. The lowest BCUT2D eigenvalue weighted by Gasteiger charge is -2.17. The first-order valence-corrected chi connectivity index (χ1v) is 9.12. The van der Waals surface area contributed by atoms with Gasteiger partial charge < -0.3 is 14.5 Å². The van der Waals surface area contributed by atoms with Gasteiger partial charge in [0.2, 0.25) is 0 Å². The quantitative estimate of drug-likeness (QED) is 0.190. The average molecular weight is 452 g/mol. The molecule has 0 aliphatic carbocycles. The van der Waals surface area contributed by atoms with E-state index in [0.717, 1.165) is 11.8 Å². The molecule has 0 heterocycles. The fraction of sp³-hybridized carbons (Fsp3) is 0.316. The van der Waals surface area contributed by atoms with Gasteiger partial charge in [-0.25, -0.2) is 0 Å². The molecular formula is C19H18F6N2O2S. The molecule has 0 fully saturated rings. The summed E-state index contributed by atoms with van der Waals surface area (Å²) in [5, 5.41) is 5.33. The molecule has 0 atom stereocenters. The maximum Gasteiger partial charge on any atom is 0.416 e. The van der Waals surface area contributed by atoms with E-state index in [0.29, 0.717) is 28.5 Å². The lowest BCUT2D eigenvalue weighted by Crippen LogP contribution is -2.14. The minimum atomic E-state index is -4.95. The lowest BCUT2D eigenvalue weighted by molar-refractivity contribution is -0.143. The van der Waals surface area contributed by atoms with Crippen molar-refractivity contribution in [2.24, 2.45) is 5.10 Å². The van der Waals surface area contributed by atoms with Gasteiger partial charge in [0.15, 0.2) is 11.5 Å². The summed E-state index contributed by atoms with van der Waals surface area (Å²) in [5.41, 5.74) is -3.14. The fourth-order valence-electron chi connectivity index (χ4n) is 2.39. The van der Waals surface area contributed by atoms with Crippen LogP contribution in [0.3, 0.4) is 0 Å². The summed E-state index contributed by atoms with van der Waals surface area (Å²) in [6.45, 7) is 0. The first kappa shape index (κ1) is 23.7. The zero-order chi connectivity index (χ0) is 22.7. The van der Waals surface area contributed by atoms with Gasteiger partial charge in [0.25, 0.3) is 0 Å². The summed E-state index contributed by atoms with van der Waals surface area (Å²) in [6, 6.07) is 6.08. The minimum Gasteiger partial charge on any atom is -0.493 e. The van der Waals surface area contributed by atoms with Crippen LogP contribution in [0.15, 0.2) is 46.4 Å². The van der Waals surface area contributed by atoms with E-state index in [-0.39, 0.29) is 16.7 Å². The number of methoxy groups -OCH3 is 2. The highest BCUT2D eigenvalue weighted by molar-refractivity contribution is 8.14. The molecular weight excluding hydrogens is 434 g/mol. The Morgan fingerprint density at radius 3 is 1.80 bits per heavy atom. The third-order valence-corrected chi connectivity index (χ3v) is 4.70. The summed E-state index contributed by atoms with van der Waals surface area (Å²) in [6.07, 6.45) is -9.90. The van der Waals surface area contributed by atoms with E-state index in [4.69, 9.17) is 9.47 Å². The van der Waals surface area contributed by atoms with E-state index < -0.39 is 23.5 Å². The van der Waals surface area contributed by atoms with Gasteiger partial charge >= 0.3 is 12.4 Å². The number of rotatable bonds is 5. The van der Waals surface area contributed by atoms with Gasteiger partial charge in [0.1, 0.15) is 5.04 Å². The van der Waals surface area contributed by atoms with E-state index in [1.807, 2.05) is 0 Å². The maximum atomic E-state index is 13.2. The van der Waals surface area contributed by atoms with Crippen molar-refractivity contribution in [3.63, 3.8) is 0 Å². The molecule has 2 rings (SSSR count). The van der Waals surface area contributed by atoms with E-state index in [2.05, 4.69) is 5.10 Å². The largest absolute Gasteiger partial charge is 0.493 e. The molecule has 0 spiro atoms. The first-order chi connectivity index (χ1) is 13.8. The third-order valence-electron chi connectivity index (χ3n) is 3.69. The molecule has 4 nitrogen and oxygen atoms in total. The number of benzene rings is 2. The molecule has 30 heavy (non-hydrogen) atoms. The Bertz CT molecular complexity index is 894. The number of ether oxygens (including phenoxy) is 2. The minimum absolute atomic E-state index is 0.0520. The van der Waals surface area contributed by atoms with Crippen LogP contribution in [0.2, 0.25) is 0 Å². The van der Waals surface area contributed by atoms with Gasteiger partial charge in [0, 0.05) is 24.6 Å². The van der Waals surface area contributed by atoms with Crippen LogP contribution < -0.4 is 9.47 Å². The highest BCUT2D eigenvalue weighted by atomic mass is 32.2. The summed E-state index contributed by atoms with van der Waals surface area (Å²) < 4.78 is 89.6. The second-order valence-electron chi connectivity index (χ2n) is 6.17. The highest BCUT2D eigenvalue weighted by Gasteiger charge is 2.37. The Balaban J connectivity index is 2.60. The van der Waals surface area contributed by atoms with Gasteiger partial charge in [-0.2, -0.15) is 31.4 Å². The first-order valence-electron chi connectivity index (χ1n) is 8.31. The predicted molar refractivity (Wildman–Crippen MR) is 102 cm³/mol. The number of hydrogen-bond donors (Lipinski definition) is 0. The van der Waals surface area contributed by atoms with Crippen molar-refractivity contribution < 1.29 is 35.8 Å². The van der Waals surface area contributed by atoms with Gasteiger partial charge in [-0.3, -0.25) is 0 Å². The molecule has 0 amide bonds. The van der Waals surface area contributed by atoms with E-state index in [1.54, 1.807) is 18.2 Å². The van der Waals surface area contributed by atoms with Crippen molar-refractivity contribution in [3.05, 3.63) is 53.1 Å². The number of nitrogens with zero attached hydrogens (tertiary/aromatic N) is 2. The van der Waals surface area contributed by atoms with Crippen molar-refractivity contribution in [3.8, 4) is 11.5 Å². The molecule has 164 valence electrons.